The Morgan fingerprint density at radius 3 is 2.49 bits per heavy atom. The molecule has 4 rings (SSSR count). The average Bonchev–Trinajstić information content (AvgIpc) is 3.36. The molecule has 1 aliphatic rings. The number of H-pyrrole nitrogens is 1. The molecule has 10 nitrogen and oxygen atoms in total. The fraction of sp³-hybridized carbons (Fsp3) is 0.296. The Balaban J connectivity index is 1.37. The molecule has 2 atom stereocenters. The topological polar surface area (TPSA) is 149 Å². The van der Waals surface area contributed by atoms with E-state index in [1.54, 1.807) is 6.07 Å². The van der Waals surface area contributed by atoms with E-state index in [9.17, 15) is 24.0 Å². The van der Waals surface area contributed by atoms with Crippen molar-refractivity contribution in [3.05, 3.63) is 71.9 Å². The van der Waals surface area contributed by atoms with E-state index in [1.807, 2.05) is 54.6 Å². The third-order valence-corrected chi connectivity index (χ3v) is 6.28. The maximum Gasteiger partial charge on any atom is 0.289 e. The van der Waals surface area contributed by atoms with Gasteiger partial charge in [0.15, 0.2) is 0 Å². The normalized spacial score (nSPS) is 15.9. The van der Waals surface area contributed by atoms with Gasteiger partial charge in [0.25, 0.3) is 11.8 Å². The molecule has 5 N–H and O–H groups in total. The smallest absolute Gasteiger partial charge is 0.289 e. The van der Waals surface area contributed by atoms with Gasteiger partial charge in [0.2, 0.25) is 17.6 Å². The number of amides is 4. The minimum absolute atomic E-state index is 0.00880. The first kappa shape index (κ1) is 25.6. The minimum atomic E-state index is -1.21. The second-order valence-corrected chi connectivity index (χ2v) is 8.97. The third kappa shape index (κ3) is 6.81. The lowest BCUT2D eigenvalue weighted by Crippen LogP contribution is -2.52. The van der Waals surface area contributed by atoms with Crippen LogP contribution in [0.2, 0.25) is 0 Å². The van der Waals surface area contributed by atoms with Gasteiger partial charge in [-0.3, -0.25) is 24.0 Å². The van der Waals surface area contributed by atoms with E-state index in [0.717, 1.165) is 22.9 Å². The van der Waals surface area contributed by atoms with Crippen LogP contribution < -0.4 is 21.3 Å². The number of fused-ring (bicyclic) bond motifs is 1. The molecule has 0 aliphatic carbocycles. The largest absolute Gasteiger partial charge is 0.356 e. The first-order valence-corrected chi connectivity index (χ1v) is 12.2. The first-order valence-electron chi connectivity index (χ1n) is 12.2. The molecule has 0 radical (unpaired) electrons. The zero-order valence-electron chi connectivity index (χ0n) is 20.2. The van der Waals surface area contributed by atoms with Crippen LogP contribution in [0.4, 0.5) is 0 Å². The van der Waals surface area contributed by atoms with Crippen molar-refractivity contribution >= 4 is 40.3 Å². The number of Topliss-reactive ketones (excluding diaryl/α,β-unsaturated/α-hetero) is 1. The number of hydrogen-bond donors (Lipinski definition) is 5. The number of carbonyl (C=O) groups excluding carboxylic acids is 5. The number of ketones is 1. The van der Waals surface area contributed by atoms with Gasteiger partial charge in [-0.2, -0.15) is 0 Å². The van der Waals surface area contributed by atoms with E-state index < -0.39 is 42.0 Å². The van der Waals surface area contributed by atoms with E-state index in [1.165, 1.54) is 0 Å². The summed E-state index contributed by atoms with van der Waals surface area (Å²) < 4.78 is 0. The molecule has 2 aromatic carbocycles. The standard InChI is InChI=1S/C27H29N5O5/c33-23(16-30-26(36)22-13-18-9-4-5-11-20(18)31-22)32-21(14-19-10-6-12-28-25(19)35)24(34)27(37)29-15-17-7-2-1-3-8-17/h1-5,7-9,11,13,19,21,31H,6,10,12,14-16H2,(H,28,35)(H,29,37)(H,30,36)(H,32,33). The zero-order chi connectivity index (χ0) is 26.2. The van der Waals surface area contributed by atoms with Crippen molar-refractivity contribution in [2.24, 2.45) is 5.92 Å². The summed E-state index contributed by atoms with van der Waals surface area (Å²) in [5, 5.41) is 11.2. The van der Waals surface area contributed by atoms with E-state index >= 15 is 0 Å². The highest BCUT2D eigenvalue weighted by molar-refractivity contribution is 6.38. The van der Waals surface area contributed by atoms with Crippen LogP contribution in [-0.4, -0.2) is 53.5 Å². The SMILES string of the molecule is O=C(CNC(=O)c1cc2ccccc2[nH]1)NC(CC1CCCNC1=O)C(=O)C(=O)NCc1ccccc1. The number of para-hydroxylation sites is 1. The number of aromatic nitrogens is 1. The van der Waals surface area contributed by atoms with Crippen molar-refractivity contribution in [3.63, 3.8) is 0 Å². The summed E-state index contributed by atoms with van der Waals surface area (Å²) in [4.78, 5) is 66.0. The number of nitrogens with one attached hydrogen (secondary N) is 5. The zero-order valence-corrected chi connectivity index (χ0v) is 20.2. The maximum absolute atomic E-state index is 13.0. The highest BCUT2D eigenvalue weighted by Crippen LogP contribution is 2.18. The van der Waals surface area contributed by atoms with Crippen molar-refractivity contribution in [2.75, 3.05) is 13.1 Å². The van der Waals surface area contributed by atoms with Crippen LogP contribution in [0.1, 0.15) is 35.3 Å². The Bertz CT molecular complexity index is 1270. The Morgan fingerprint density at radius 1 is 0.973 bits per heavy atom. The van der Waals surface area contributed by atoms with Crippen LogP contribution in [0.15, 0.2) is 60.7 Å². The highest BCUT2D eigenvalue weighted by atomic mass is 16.2. The Kier molecular flexibility index (Phi) is 8.29. The van der Waals surface area contributed by atoms with Gasteiger partial charge in [-0.15, -0.1) is 0 Å². The molecular formula is C27H29N5O5. The molecule has 0 spiro atoms. The molecule has 1 saturated heterocycles. The van der Waals surface area contributed by atoms with Gasteiger partial charge in [-0.1, -0.05) is 48.5 Å². The van der Waals surface area contributed by atoms with Crippen molar-refractivity contribution < 1.29 is 24.0 Å². The Morgan fingerprint density at radius 2 is 1.73 bits per heavy atom. The van der Waals surface area contributed by atoms with Crippen molar-refractivity contribution in [2.45, 2.75) is 31.8 Å². The Hall–Kier alpha value is -4.47. The van der Waals surface area contributed by atoms with Gasteiger partial charge in [-0.05, 0) is 37.0 Å². The number of piperidine rings is 1. The van der Waals surface area contributed by atoms with Crippen LogP contribution in [0.3, 0.4) is 0 Å². The van der Waals surface area contributed by atoms with Crippen LogP contribution >= 0.6 is 0 Å². The van der Waals surface area contributed by atoms with Crippen LogP contribution in [0, 0.1) is 5.92 Å². The lowest BCUT2D eigenvalue weighted by Gasteiger charge is -2.26. The highest BCUT2D eigenvalue weighted by Gasteiger charge is 2.33. The fourth-order valence-electron chi connectivity index (χ4n) is 4.30. The van der Waals surface area contributed by atoms with E-state index in [4.69, 9.17) is 0 Å². The number of aromatic amines is 1. The average molecular weight is 504 g/mol. The summed E-state index contributed by atoms with van der Waals surface area (Å²) in [6.07, 6.45) is 1.28. The predicted octanol–water partition coefficient (Wildman–Crippen LogP) is 1.18. The van der Waals surface area contributed by atoms with Crippen LogP contribution in [0.25, 0.3) is 10.9 Å². The summed E-state index contributed by atoms with van der Waals surface area (Å²) in [6.45, 7) is 0.300. The van der Waals surface area contributed by atoms with E-state index in [-0.39, 0.29) is 18.9 Å². The molecule has 4 amide bonds. The van der Waals surface area contributed by atoms with Gasteiger partial charge >= 0.3 is 0 Å². The molecule has 2 unspecified atom stereocenters. The molecule has 1 aromatic heterocycles. The molecule has 3 aromatic rings. The third-order valence-electron chi connectivity index (χ3n) is 6.28. The minimum Gasteiger partial charge on any atom is -0.356 e. The molecule has 0 bridgehead atoms. The molecule has 0 saturated carbocycles. The lowest BCUT2D eigenvalue weighted by molar-refractivity contribution is -0.141. The van der Waals surface area contributed by atoms with Crippen LogP contribution in [0.5, 0.6) is 0 Å². The molecule has 37 heavy (non-hydrogen) atoms. The van der Waals surface area contributed by atoms with Crippen molar-refractivity contribution in [3.8, 4) is 0 Å². The lowest BCUT2D eigenvalue weighted by atomic mass is 9.90. The molecule has 2 heterocycles. The number of benzene rings is 2. The number of carbonyl (C=O) groups is 5. The Labute approximate surface area is 213 Å². The molecular weight excluding hydrogens is 474 g/mol. The predicted molar refractivity (Wildman–Crippen MR) is 136 cm³/mol. The molecule has 1 aliphatic heterocycles. The van der Waals surface area contributed by atoms with Crippen molar-refractivity contribution in [1.82, 2.24) is 26.3 Å². The first-order chi connectivity index (χ1) is 17.9. The van der Waals surface area contributed by atoms with E-state index in [0.29, 0.717) is 18.7 Å². The second kappa shape index (κ2) is 12.0. The summed E-state index contributed by atoms with van der Waals surface area (Å²) in [6, 6.07) is 17.0. The summed E-state index contributed by atoms with van der Waals surface area (Å²) in [5.74, 6) is -3.55. The van der Waals surface area contributed by atoms with Gasteiger partial charge in [0.1, 0.15) is 5.69 Å². The monoisotopic (exact) mass is 503 g/mol. The molecule has 10 heteroatoms. The summed E-state index contributed by atoms with van der Waals surface area (Å²) >= 11 is 0. The molecule has 1 fully saturated rings. The van der Waals surface area contributed by atoms with Crippen molar-refractivity contribution in [1.29, 1.82) is 0 Å². The van der Waals surface area contributed by atoms with Crippen LogP contribution in [-0.2, 0) is 25.7 Å². The maximum atomic E-state index is 13.0. The van der Waals surface area contributed by atoms with E-state index in [2.05, 4.69) is 26.3 Å². The van der Waals surface area contributed by atoms with Gasteiger partial charge in [0.05, 0.1) is 12.6 Å². The quantitative estimate of drug-likeness (QED) is 0.264. The van der Waals surface area contributed by atoms with Gasteiger partial charge in [-0.25, -0.2) is 0 Å². The summed E-state index contributed by atoms with van der Waals surface area (Å²) in [7, 11) is 0. The van der Waals surface area contributed by atoms with Gasteiger partial charge in [0, 0.05) is 29.9 Å². The number of hydrogen-bond acceptors (Lipinski definition) is 5. The fourth-order valence-corrected chi connectivity index (χ4v) is 4.30. The van der Waals surface area contributed by atoms with Gasteiger partial charge < -0.3 is 26.3 Å². The molecule has 192 valence electrons. The summed E-state index contributed by atoms with van der Waals surface area (Å²) in [5.41, 5.74) is 1.89. The second-order valence-electron chi connectivity index (χ2n) is 8.97. The number of rotatable bonds is 10.